The summed E-state index contributed by atoms with van der Waals surface area (Å²) in [7, 11) is 0. The summed E-state index contributed by atoms with van der Waals surface area (Å²) in [6, 6.07) is 6.50. The zero-order valence-electron chi connectivity index (χ0n) is 9.82. The second-order valence-electron chi connectivity index (χ2n) is 4.12. The van der Waals surface area contributed by atoms with Crippen molar-refractivity contribution >= 4 is 17.4 Å². The lowest BCUT2D eigenvalue weighted by molar-refractivity contribution is 0.100. The Morgan fingerprint density at radius 1 is 1.24 bits per heavy atom. The highest BCUT2D eigenvalue weighted by Crippen LogP contribution is 2.21. The molecule has 2 nitrogen and oxygen atoms in total. The molecule has 1 aliphatic rings. The molecule has 1 aromatic carbocycles. The van der Waals surface area contributed by atoms with Gasteiger partial charge < -0.3 is 10.1 Å². The maximum Gasteiger partial charge on any atom is 0.123 e. The van der Waals surface area contributed by atoms with Crippen LogP contribution >= 0.6 is 11.8 Å². The van der Waals surface area contributed by atoms with Crippen LogP contribution in [-0.2, 0) is 4.74 Å². The van der Waals surface area contributed by atoms with Gasteiger partial charge in [0.2, 0.25) is 0 Å². The number of ether oxygens (including phenoxy) is 1. The van der Waals surface area contributed by atoms with E-state index in [0.29, 0.717) is 0 Å². The molecular formula is C13H18FNOS. The van der Waals surface area contributed by atoms with Gasteiger partial charge in [0.15, 0.2) is 0 Å². The number of thioether (sulfide) groups is 1. The van der Waals surface area contributed by atoms with E-state index in [0.717, 1.165) is 36.4 Å². The lowest BCUT2D eigenvalue weighted by Gasteiger charge is -2.21. The Bertz CT molecular complexity index is 325. The molecule has 1 heterocycles. The van der Waals surface area contributed by atoms with E-state index in [4.69, 9.17) is 4.74 Å². The summed E-state index contributed by atoms with van der Waals surface area (Å²) < 4.78 is 18.0. The number of anilines is 1. The topological polar surface area (TPSA) is 21.3 Å². The standard InChI is InChI=1S/C13H18FNOS/c14-11-1-3-12(4-2-11)15-7-10-17-13-5-8-16-9-6-13/h1-4,13,15H,5-10H2. The molecule has 4 heteroatoms. The van der Waals surface area contributed by atoms with Gasteiger partial charge in [0.05, 0.1) is 0 Å². The molecule has 0 unspecified atom stereocenters. The molecule has 94 valence electrons. The number of rotatable bonds is 5. The van der Waals surface area contributed by atoms with Crippen LogP contribution in [0.25, 0.3) is 0 Å². The second kappa shape index (κ2) is 6.87. The Labute approximate surface area is 106 Å². The smallest absolute Gasteiger partial charge is 0.123 e. The highest BCUT2D eigenvalue weighted by molar-refractivity contribution is 7.99. The van der Waals surface area contributed by atoms with Crippen molar-refractivity contribution < 1.29 is 9.13 Å². The minimum atomic E-state index is -0.188. The van der Waals surface area contributed by atoms with E-state index >= 15 is 0 Å². The summed E-state index contributed by atoms with van der Waals surface area (Å²) in [6.07, 6.45) is 2.34. The minimum Gasteiger partial charge on any atom is -0.384 e. The van der Waals surface area contributed by atoms with Crippen molar-refractivity contribution in [2.75, 3.05) is 30.8 Å². The first-order valence-corrected chi connectivity index (χ1v) is 7.08. The first-order valence-electron chi connectivity index (χ1n) is 6.03. The fraction of sp³-hybridized carbons (Fsp3) is 0.538. The van der Waals surface area contributed by atoms with E-state index in [1.807, 2.05) is 11.8 Å². The lowest BCUT2D eigenvalue weighted by Crippen LogP contribution is -2.19. The molecule has 1 N–H and O–H groups in total. The molecule has 0 amide bonds. The van der Waals surface area contributed by atoms with Crippen molar-refractivity contribution in [3.63, 3.8) is 0 Å². The van der Waals surface area contributed by atoms with Crippen LogP contribution in [0.15, 0.2) is 24.3 Å². The van der Waals surface area contributed by atoms with Crippen molar-refractivity contribution in [2.45, 2.75) is 18.1 Å². The molecule has 0 atom stereocenters. The van der Waals surface area contributed by atoms with Crippen LogP contribution < -0.4 is 5.32 Å². The van der Waals surface area contributed by atoms with E-state index in [-0.39, 0.29) is 5.82 Å². The van der Waals surface area contributed by atoms with Crippen molar-refractivity contribution in [2.24, 2.45) is 0 Å². The average Bonchev–Trinajstić information content (AvgIpc) is 2.38. The second-order valence-corrected chi connectivity index (χ2v) is 5.52. The molecule has 0 spiro atoms. The highest BCUT2D eigenvalue weighted by atomic mass is 32.2. The molecule has 1 aliphatic heterocycles. The van der Waals surface area contributed by atoms with Crippen LogP contribution in [0.3, 0.4) is 0 Å². The van der Waals surface area contributed by atoms with E-state index < -0.39 is 0 Å². The maximum absolute atomic E-state index is 12.7. The molecular weight excluding hydrogens is 237 g/mol. The van der Waals surface area contributed by atoms with Gasteiger partial charge in [-0.05, 0) is 37.1 Å². The van der Waals surface area contributed by atoms with Gasteiger partial charge in [-0.2, -0.15) is 11.8 Å². The minimum absolute atomic E-state index is 0.188. The van der Waals surface area contributed by atoms with Crippen LogP contribution in [0.4, 0.5) is 10.1 Å². The molecule has 17 heavy (non-hydrogen) atoms. The maximum atomic E-state index is 12.7. The van der Waals surface area contributed by atoms with Crippen molar-refractivity contribution in [1.82, 2.24) is 0 Å². The SMILES string of the molecule is Fc1ccc(NCCSC2CCOCC2)cc1. The Morgan fingerprint density at radius 2 is 1.94 bits per heavy atom. The number of benzene rings is 1. The van der Waals surface area contributed by atoms with E-state index in [2.05, 4.69) is 5.32 Å². The highest BCUT2D eigenvalue weighted by Gasteiger charge is 2.13. The Morgan fingerprint density at radius 3 is 2.65 bits per heavy atom. The Kier molecular flexibility index (Phi) is 5.13. The van der Waals surface area contributed by atoms with Gasteiger partial charge in [0.25, 0.3) is 0 Å². The van der Waals surface area contributed by atoms with Gasteiger partial charge in [0.1, 0.15) is 5.82 Å². The van der Waals surface area contributed by atoms with Crippen molar-refractivity contribution in [3.05, 3.63) is 30.1 Å². The number of hydrogen-bond donors (Lipinski definition) is 1. The van der Waals surface area contributed by atoms with Gasteiger partial charge in [-0.3, -0.25) is 0 Å². The average molecular weight is 255 g/mol. The number of hydrogen-bond acceptors (Lipinski definition) is 3. The molecule has 1 saturated heterocycles. The molecule has 0 aliphatic carbocycles. The van der Waals surface area contributed by atoms with Crippen LogP contribution in [-0.4, -0.2) is 30.8 Å². The molecule has 0 radical (unpaired) electrons. The summed E-state index contributed by atoms with van der Waals surface area (Å²) >= 11 is 2.00. The van der Waals surface area contributed by atoms with E-state index in [9.17, 15) is 4.39 Å². The van der Waals surface area contributed by atoms with Crippen molar-refractivity contribution in [3.8, 4) is 0 Å². The predicted molar refractivity (Wildman–Crippen MR) is 71.2 cm³/mol. The van der Waals surface area contributed by atoms with Crippen LogP contribution in [0.1, 0.15) is 12.8 Å². The third kappa shape index (κ3) is 4.56. The zero-order valence-corrected chi connectivity index (χ0v) is 10.6. The summed E-state index contributed by atoms with van der Waals surface area (Å²) in [6.45, 7) is 2.74. The zero-order chi connectivity index (χ0) is 11.9. The summed E-state index contributed by atoms with van der Waals surface area (Å²) in [5.74, 6) is 0.898. The number of halogens is 1. The van der Waals surface area contributed by atoms with Gasteiger partial charge in [-0.15, -0.1) is 0 Å². The monoisotopic (exact) mass is 255 g/mol. The fourth-order valence-corrected chi connectivity index (χ4v) is 2.91. The number of nitrogens with one attached hydrogen (secondary N) is 1. The molecule has 1 aromatic rings. The van der Waals surface area contributed by atoms with Gasteiger partial charge in [0, 0.05) is 36.4 Å². The predicted octanol–water partition coefficient (Wildman–Crippen LogP) is 3.15. The quantitative estimate of drug-likeness (QED) is 0.817. The summed E-state index contributed by atoms with van der Waals surface area (Å²) in [5, 5.41) is 4.04. The Hall–Kier alpha value is -0.740. The first kappa shape index (κ1) is 12.7. The largest absolute Gasteiger partial charge is 0.384 e. The van der Waals surface area contributed by atoms with Gasteiger partial charge >= 0.3 is 0 Å². The normalized spacial score (nSPS) is 17.0. The summed E-state index contributed by atoms with van der Waals surface area (Å²) in [4.78, 5) is 0. The lowest BCUT2D eigenvalue weighted by atomic mass is 10.2. The van der Waals surface area contributed by atoms with E-state index in [1.54, 1.807) is 12.1 Å². The van der Waals surface area contributed by atoms with Gasteiger partial charge in [-0.25, -0.2) is 4.39 Å². The molecule has 0 bridgehead atoms. The van der Waals surface area contributed by atoms with Gasteiger partial charge in [-0.1, -0.05) is 0 Å². The molecule has 1 fully saturated rings. The fourth-order valence-electron chi connectivity index (χ4n) is 1.83. The molecule has 2 rings (SSSR count). The first-order chi connectivity index (χ1) is 8.34. The molecule has 0 saturated carbocycles. The molecule has 0 aromatic heterocycles. The summed E-state index contributed by atoms with van der Waals surface area (Å²) in [5.41, 5.74) is 0.985. The van der Waals surface area contributed by atoms with Crippen LogP contribution in [0.2, 0.25) is 0 Å². The third-order valence-electron chi connectivity index (χ3n) is 2.80. The van der Waals surface area contributed by atoms with Crippen molar-refractivity contribution in [1.29, 1.82) is 0 Å². The van der Waals surface area contributed by atoms with Crippen LogP contribution in [0, 0.1) is 5.82 Å². The Balaban J connectivity index is 1.60. The van der Waals surface area contributed by atoms with Crippen LogP contribution in [0.5, 0.6) is 0 Å². The van der Waals surface area contributed by atoms with E-state index in [1.165, 1.54) is 25.0 Å². The third-order valence-corrected chi connectivity index (χ3v) is 4.18.